The van der Waals surface area contributed by atoms with E-state index in [1.165, 1.54) is 0 Å². The molecule has 0 saturated carbocycles. The first-order valence-corrected chi connectivity index (χ1v) is 8.94. The number of hydrogen-bond acceptors (Lipinski definition) is 6. The van der Waals surface area contributed by atoms with E-state index < -0.39 is 5.97 Å². The topological polar surface area (TPSA) is 74.2 Å². The maximum atomic E-state index is 11.6. The highest BCUT2D eigenvalue weighted by atomic mass is 16.5. The summed E-state index contributed by atoms with van der Waals surface area (Å²) in [6, 6.07) is 12.8. The van der Waals surface area contributed by atoms with Crippen LogP contribution in [0.1, 0.15) is 6.92 Å². The van der Waals surface area contributed by atoms with E-state index in [4.69, 9.17) is 18.9 Å². The predicted octanol–water partition coefficient (Wildman–Crippen LogP) is 3.23. The van der Waals surface area contributed by atoms with E-state index in [0.717, 1.165) is 11.1 Å². The Morgan fingerprint density at radius 3 is 2.36 bits per heavy atom. The van der Waals surface area contributed by atoms with Gasteiger partial charge in [-0.05, 0) is 42.3 Å². The Balaban J connectivity index is 1.72. The molecule has 0 amide bonds. The van der Waals surface area contributed by atoms with Gasteiger partial charge in [0.05, 0.1) is 32.3 Å². The summed E-state index contributed by atoms with van der Waals surface area (Å²) in [5, 5.41) is 9.51. The molecule has 1 fully saturated rings. The van der Waals surface area contributed by atoms with Crippen molar-refractivity contribution in [2.75, 3.05) is 33.5 Å². The van der Waals surface area contributed by atoms with Gasteiger partial charge in [-0.15, -0.1) is 0 Å². The Hall–Kier alpha value is -2.83. The zero-order valence-electron chi connectivity index (χ0n) is 16.1. The second-order valence-corrected chi connectivity index (χ2v) is 7.00. The molecule has 1 saturated heterocycles. The van der Waals surface area contributed by atoms with Crippen LogP contribution in [0.15, 0.2) is 54.6 Å². The van der Waals surface area contributed by atoms with Gasteiger partial charge in [-0.25, -0.2) is 4.79 Å². The molecule has 2 aromatic carbocycles. The van der Waals surface area contributed by atoms with Crippen LogP contribution in [0.3, 0.4) is 0 Å². The molecular formula is C22H24O6. The van der Waals surface area contributed by atoms with Gasteiger partial charge >= 0.3 is 5.97 Å². The van der Waals surface area contributed by atoms with Gasteiger partial charge in [0.15, 0.2) is 11.5 Å². The molecule has 1 aliphatic heterocycles. The summed E-state index contributed by atoms with van der Waals surface area (Å²) in [7, 11) is 1.58. The number of aliphatic hydroxyl groups is 1. The molecule has 28 heavy (non-hydrogen) atoms. The summed E-state index contributed by atoms with van der Waals surface area (Å²) in [6.07, 6.45) is 0. The number of ether oxygens (including phenoxy) is 4. The predicted molar refractivity (Wildman–Crippen MR) is 105 cm³/mol. The van der Waals surface area contributed by atoms with Crippen molar-refractivity contribution in [2.45, 2.75) is 6.92 Å². The van der Waals surface area contributed by atoms with Gasteiger partial charge in [-0.2, -0.15) is 0 Å². The average molecular weight is 384 g/mol. The van der Waals surface area contributed by atoms with Gasteiger partial charge in [0.25, 0.3) is 0 Å². The molecule has 1 aliphatic rings. The normalized spacial score (nSPS) is 14.7. The summed E-state index contributed by atoms with van der Waals surface area (Å²) < 4.78 is 21.7. The van der Waals surface area contributed by atoms with Gasteiger partial charge in [-0.1, -0.05) is 24.8 Å². The summed E-state index contributed by atoms with van der Waals surface area (Å²) >= 11 is 0. The van der Waals surface area contributed by atoms with Crippen molar-refractivity contribution in [1.82, 2.24) is 0 Å². The van der Waals surface area contributed by atoms with Crippen molar-refractivity contribution in [2.24, 2.45) is 5.41 Å². The Kier molecular flexibility index (Phi) is 6.02. The molecule has 0 bridgehead atoms. The van der Waals surface area contributed by atoms with Crippen molar-refractivity contribution in [3.8, 4) is 28.4 Å². The second kappa shape index (κ2) is 8.46. The van der Waals surface area contributed by atoms with Crippen LogP contribution in [0, 0.1) is 5.41 Å². The molecule has 0 aromatic heterocycles. The molecule has 0 spiro atoms. The molecule has 3 rings (SSSR count). The Labute approximate surface area is 164 Å². The van der Waals surface area contributed by atoms with E-state index >= 15 is 0 Å². The van der Waals surface area contributed by atoms with E-state index in [1.807, 2.05) is 30.3 Å². The third-order valence-corrected chi connectivity index (χ3v) is 4.60. The molecule has 6 nitrogen and oxygen atoms in total. The first-order valence-electron chi connectivity index (χ1n) is 8.94. The van der Waals surface area contributed by atoms with Crippen molar-refractivity contribution in [3.63, 3.8) is 0 Å². The molecule has 0 atom stereocenters. The lowest BCUT2D eigenvalue weighted by Crippen LogP contribution is -2.49. The van der Waals surface area contributed by atoms with Crippen molar-refractivity contribution >= 4 is 5.97 Å². The highest BCUT2D eigenvalue weighted by Gasteiger charge is 2.39. The van der Waals surface area contributed by atoms with Crippen LogP contribution in [0.4, 0.5) is 0 Å². The number of aliphatic hydroxyl groups excluding tert-OH is 1. The Morgan fingerprint density at radius 1 is 1.14 bits per heavy atom. The molecule has 2 aromatic rings. The SMILES string of the molecule is C=C(C)C(=O)Oc1ccc(-c2ccc(OCC3(CO)COC3)c(OC)c2)cc1. The zero-order chi connectivity index (χ0) is 20.1. The maximum absolute atomic E-state index is 11.6. The largest absolute Gasteiger partial charge is 0.493 e. The highest BCUT2D eigenvalue weighted by molar-refractivity contribution is 5.88. The van der Waals surface area contributed by atoms with E-state index in [1.54, 1.807) is 26.2 Å². The lowest BCUT2D eigenvalue weighted by Gasteiger charge is -2.39. The molecular weight excluding hydrogens is 360 g/mol. The lowest BCUT2D eigenvalue weighted by molar-refractivity contribution is -0.153. The van der Waals surface area contributed by atoms with Gasteiger partial charge in [0, 0.05) is 5.57 Å². The first kappa shape index (κ1) is 19.9. The number of benzene rings is 2. The third kappa shape index (κ3) is 4.35. The fourth-order valence-corrected chi connectivity index (χ4v) is 2.72. The standard InChI is InChI=1S/C22H24O6/c1-15(2)21(24)28-18-7-4-16(5-8-18)17-6-9-19(20(10-17)25-3)27-14-22(11-23)12-26-13-22/h4-10,23H,1,11-14H2,2-3H3. The zero-order valence-corrected chi connectivity index (χ0v) is 16.1. The minimum Gasteiger partial charge on any atom is -0.493 e. The van der Waals surface area contributed by atoms with E-state index in [0.29, 0.717) is 42.6 Å². The summed E-state index contributed by atoms with van der Waals surface area (Å²) in [5.74, 6) is 1.22. The molecule has 6 heteroatoms. The van der Waals surface area contributed by atoms with Crippen LogP contribution >= 0.6 is 0 Å². The molecule has 0 aliphatic carbocycles. The fourth-order valence-electron chi connectivity index (χ4n) is 2.72. The number of esters is 1. The van der Waals surface area contributed by atoms with Crippen LogP contribution in [0.2, 0.25) is 0 Å². The average Bonchev–Trinajstić information content (AvgIpc) is 2.68. The van der Waals surface area contributed by atoms with E-state index in [-0.39, 0.29) is 12.0 Å². The first-order chi connectivity index (χ1) is 13.5. The highest BCUT2D eigenvalue weighted by Crippen LogP contribution is 2.35. The quantitative estimate of drug-likeness (QED) is 0.428. The Bertz CT molecular complexity index is 846. The molecule has 1 heterocycles. The van der Waals surface area contributed by atoms with Gasteiger partial charge in [-0.3, -0.25) is 0 Å². The summed E-state index contributed by atoms with van der Waals surface area (Å²) in [6.45, 7) is 6.54. The second-order valence-electron chi connectivity index (χ2n) is 7.00. The maximum Gasteiger partial charge on any atom is 0.338 e. The number of carbonyl (C=O) groups is 1. The molecule has 148 valence electrons. The summed E-state index contributed by atoms with van der Waals surface area (Å²) in [5.41, 5.74) is 1.90. The number of hydrogen-bond donors (Lipinski definition) is 1. The Morgan fingerprint density at radius 2 is 1.82 bits per heavy atom. The number of methoxy groups -OCH3 is 1. The van der Waals surface area contributed by atoms with E-state index in [9.17, 15) is 9.90 Å². The van der Waals surface area contributed by atoms with Crippen LogP contribution < -0.4 is 14.2 Å². The smallest absolute Gasteiger partial charge is 0.338 e. The number of carbonyl (C=O) groups excluding carboxylic acids is 1. The van der Waals surface area contributed by atoms with Gasteiger partial charge < -0.3 is 24.1 Å². The van der Waals surface area contributed by atoms with Crippen LogP contribution in [-0.4, -0.2) is 44.6 Å². The minimum absolute atomic E-state index is 0.0235. The molecule has 1 N–H and O–H groups in total. The van der Waals surface area contributed by atoms with Crippen LogP contribution in [-0.2, 0) is 9.53 Å². The van der Waals surface area contributed by atoms with Crippen LogP contribution in [0.5, 0.6) is 17.2 Å². The van der Waals surface area contributed by atoms with Gasteiger partial charge in [0.1, 0.15) is 12.4 Å². The lowest BCUT2D eigenvalue weighted by atomic mass is 9.88. The number of rotatable bonds is 8. The fraction of sp³-hybridized carbons (Fsp3) is 0.318. The van der Waals surface area contributed by atoms with E-state index in [2.05, 4.69) is 6.58 Å². The van der Waals surface area contributed by atoms with Crippen molar-refractivity contribution in [1.29, 1.82) is 0 Å². The molecule has 0 radical (unpaired) electrons. The van der Waals surface area contributed by atoms with Crippen molar-refractivity contribution < 1.29 is 28.8 Å². The minimum atomic E-state index is -0.451. The molecule has 0 unspecified atom stereocenters. The summed E-state index contributed by atoms with van der Waals surface area (Å²) in [4.78, 5) is 11.6. The van der Waals surface area contributed by atoms with Gasteiger partial charge in [0.2, 0.25) is 0 Å². The third-order valence-electron chi connectivity index (χ3n) is 4.60. The van der Waals surface area contributed by atoms with Crippen molar-refractivity contribution in [3.05, 3.63) is 54.6 Å². The van der Waals surface area contributed by atoms with Crippen LogP contribution in [0.25, 0.3) is 11.1 Å². The monoisotopic (exact) mass is 384 g/mol.